The van der Waals surface area contributed by atoms with Gasteiger partial charge in [0.25, 0.3) is 5.91 Å². The fourth-order valence-electron chi connectivity index (χ4n) is 2.15. The van der Waals surface area contributed by atoms with Gasteiger partial charge in [-0.25, -0.2) is 4.98 Å². The van der Waals surface area contributed by atoms with Crippen molar-refractivity contribution in [3.63, 3.8) is 0 Å². The van der Waals surface area contributed by atoms with Crippen molar-refractivity contribution in [3.05, 3.63) is 29.8 Å². The molecule has 1 aliphatic rings. The first-order chi connectivity index (χ1) is 7.50. The second-order valence-corrected chi connectivity index (χ2v) is 4.72. The van der Waals surface area contributed by atoms with Gasteiger partial charge in [0, 0.05) is 12.1 Å². The summed E-state index contributed by atoms with van der Waals surface area (Å²) < 4.78 is 12.9. The number of halogens is 1. The third-order valence-corrected chi connectivity index (χ3v) is 3.08. The van der Waals surface area contributed by atoms with Gasteiger partial charge < -0.3 is 4.90 Å². The number of likely N-dealkylation sites (tertiary alicyclic amines) is 1. The van der Waals surface area contributed by atoms with Crippen LogP contribution in [0.4, 0.5) is 4.39 Å². The Bertz CT molecular complexity index is 417. The van der Waals surface area contributed by atoms with Gasteiger partial charge in [0.2, 0.25) is 5.95 Å². The van der Waals surface area contributed by atoms with Gasteiger partial charge in [-0.15, -0.1) is 0 Å². The fraction of sp³-hybridized carbons (Fsp3) is 0.500. The molecule has 0 atom stereocenters. The molecule has 0 spiro atoms. The first-order valence-electron chi connectivity index (χ1n) is 5.45. The van der Waals surface area contributed by atoms with E-state index in [0.717, 1.165) is 19.4 Å². The van der Waals surface area contributed by atoms with E-state index in [1.807, 2.05) is 13.8 Å². The van der Waals surface area contributed by atoms with Crippen molar-refractivity contribution in [1.82, 2.24) is 9.88 Å². The molecule has 0 unspecified atom stereocenters. The van der Waals surface area contributed by atoms with Crippen molar-refractivity contribution in [2.75, 3.05) is 6.54 Å². The number of hydrogen-bond acceptors (Lipinski definition) is 2. The van der Waals surface area contributed by atoms with Crippen LogP contribution in [0.5, 0.6) is 0 Å². The summed E-state index contributed by atoms with van der Waals surface area (Å²) in [6.45, 7) is 4.78. The Balaban J connectivity index is 2.26. The minimum atomic E-state index is -0.608. The van der Waals surface area contributed by atoms with Gasteiger partial charge in [-0.05, 0) is 38.8 Å². The zero-order chi connectivity index (χ0) is 11.8. The number of carbonyl (C=O) groups is 1. The van der Waals surface area contributed by atoms with Crippen LogP contribution in [0.25, 0.3) is 0 Å². The Kier molecular flexibility index (Phi) is 2.66. The van der Waals surface area contributed by atoms with Crippen molar-refractivity contribution in [1.29, 1.82) is 0 Å². The van der Waals surface area contributed by atoms with E-state index in [2.05, 4.69) is 4.98 Å². The average molecular weight is 222 g/mol. The van der Waals surface area contributed by atoms with Crippen LogP contribution in [-0.4, -0.2) is 27.9 Å². The van der Waals surface area contributed by atoms with Crippen LogP contribution in [0.15, 0.2) is 18.2 Å². The zero-order valence-corrected chi connectivity index (χ0v) is 9.53. The normalized spacial score (nSPS) is 18.8. The van der Waals surface area contributed by atoms with Crippen molar-refractivity contribution in [3.8, 4) is 0 Å². The minimum absolute atomic E-state index is 0.148. The number of amides is 1. The molecule has 0 aliphatic carbocycles. The molecule has 0 radical (unpaired) electrons. The summed E-state index contributed by atoms with van der Waals surface area (Å²) in [7, 11) is 0. The van der Waals surface area contributed by atoms with Crippen LogP contribution in [0.2, 0.25) is 0 Å². The molecule has 3 nitrogen and oxygen atoms in total. The highest BCUT2D eigenvalue weighted by atomic mass is 19.1. The van der Waals surface area contributed by atoms with Gasteiger partial charge in [-0.2, -0.15) is 4.39 Å². The summed E-state index contributed by atoms with van der Waals surface area (Å²) in [5.41, 5.74) is 0.0421. The Morgan fingerprint density at radius 2 is 2.25 bits per heavy atom. The topological polar surface area (TPSA) is 33.2 Å². The summed E-state index contributed by atoms with van der Waals surface area (Å²) in [6.07, 6.45) is 1.97. The van der Waals surface area contributed by atoms with Crippen LogP contribution in [0.1, 0.15) is 37.2 Å². The molecule has 0 bridgehead atoms. The third-order valence-electron chi connectivity index (χ3n) is 3.08. The van der Waals surface area contributed by atoms with Crippen molar-refractivity contribution in [2.45, 2.75) is 32.2 Å². The number of hydrogen-bond donors (Lipinski definition) is 0. The highest BCUT2D eigenvalue weighted by Gasteiger charge is 2.36. The van der Waals surface area contributed by atoms with E-state index in [0.29, 0.717) is 0 Å². The van der Waals surface area contributed by atoms with Gasteiger partial charge in [0.05, 0.1) is 0 Å². The molecule has 2 heterocycles. The molecule has 1 aliphatic heterocycles. The second-order valence-electron chi connectivity index (χ2n) is 4.72. The minimum Gasteiger partial charge on any atom is -0.332 e. The molecule has 0 aromatic carbocycles. The summed E-state index contributed by atoms with van der Waals surface area (Å²) in [5, 5.41) is 0. The Labute approximate surface area is 94.3 Å². The standard InChI is InChI=1S/C12H15FN2O/c1-12(2)7-4-8-15(12)11(16)9-5-3-6-10(13)14-9/h3,5-6H,4,7-8H2,1-2H3. The fourth-order valence-corrected chi connectivity index (χ4v) is 2.15. The molecule has 1 amide bonds. The molecule has 4 heteroatoms. The molecule has 1 fully saturated rings. The molecule has 16 heavy (non-hydrogen) atoms. The molecule has 0 saturated carbocycles. The summed E-state index contributed by atoms with van der Waals surface area (Å²) in [6, 6.07) is 4.31. The van der Waals surface area contributed by atoms with Gasteiger partial charge in [-0.3, -0.25) is 4.79 Å². The van der Waals surface area contributed by atoms with Gasteiger partial charge in [-0.1, -0.05) is 6.07 Å². The number of carbonyl (C=O) groups excluding carboxylic acids is 1. The van der Waals surface area contributed by atoms with E-state index in [4.69, 9.17) is 0 Å². The van der Waals surface area contributed by atoms with E-state index in [1.165, 1.54) is 12.1 Å². The van der Waals surface area contributed by atoms with Gasteiger partial charge in [0.15, 0.2) is 0 Å². The number of aromatic nitrogens is 1. The molecule has 2 rings (SSSR count). The van der Waals surface area contributed by atoms with Gasteiger partial charge >= 0.3 is 0 Å². The maximum atomic E-state index is 12.9. The summed E-state index contributed by atoms with van der Waals surface area (Å²) >= 11 is 0. The molecule has 1 aromatic rings. The number of rotatable bonds is 1. The highest BCUT2D eigenvalue weighted by molar-refractivity contribution is 5.92. The third kappa shape index (κ3) is 1.92. The molecule has 86 valence electrons. The number of nitrogens with zero attached hydrogens (tertiary/aromatic N) is 2. The predicted molar refractivity (Wildman–Crippen MR) is 58.5 cm³/mol. The van der Waals surface area contributed by atoms with Gasteiger partial charge in [0.1, 0.15) is 5.69 Å². The summed E-state index contributed by atoms with van der Waals surface area (Å²) in [4.78, 5) is 17.5. The van der Waals surface area contributed by atoms with Crippen molar-refractivity contribution < 1.29 is 9.18 Å². The lowest BCUT2D eigenvalue weighted by molar-refractivity contribution is 0.0644. The SMILES string of the molecule is CC1(C)CCCN1C(=O)c1cccc(F)n1. The van der Waals surface area contributed by atoms with Crippen molar-refractivity contribution in [2.24, 2.45) is 0 Å². The predicted octanol–water partition coefficient (Wildman–Crippen LogP) is 2.24. The molecule has 0 N–H and O–H groups in total. The lowest BCUT2D eigenvalue weighted by atomic mass is 10.0. The molecular weight excluding hydrogens is 207 g/mol. The molecule has 1 aromatic heterocycles. The maximum absolute atomic E-state index is 12.9. The van der Waals surface area contributed by atoms with E-state index < -0.39 is 5.95 Å². The second kappa shape index (κ2) is 3.85. The maximum Gasteiger partial charge on any atom is 0.273 e. The Morgan fingerprint density at radius 1 is 1.50 bits per heavy atom. The lowest BCUT2D eigenvalue weighted by Gasteiger charge is -2.31. The van der Waals surface area contributed by atoms with E-state index in [-0.39, 0.29) is 17.1 Å². The first-order valence-corrected chi connectivity index (χ1v) is 5.45. The Morgan fingerprint density at radius 3 is 2.81 bits per heavy atom. The largest absolute Gasteiger partial charge is 0.332 e. The smallest absolute Gasteiger partial charge is 0.273 e. The van der Waals surface area contributed by atoms with Crippen LogP contribution < -0.4 is 0 Å². The monoisotopic (exact) mass is 222 g/mol. The quantitative estimate of drug-likeness (QED) is 0.683. The highest BCUT2D eigenvalue weighted by Crippen LogP contribution is 2.29. The molecule has 1 saturated heterocycles. The van der Waals surface area contributed by atoms with Crippen molar-refractivity contribution >= 4 is 5.91 Å². The summed E-state index contributed by atoms with van der Waals surface area (Å²) in [5.74, 6) is -0.787. The van der Waals surface area contributed by atoms with Crippen LogP contribution >= 0.6 is 0 Å². The van der Waals surface area contributed by atoms with Crippen LogP contribution in [-0.2, 0) is 0 Å². The molecular formula is C12H15FN2O. The van der Waals surface area contributed by atoms with E-state index in [1.54, 1.807) is 11.0 Å². The van der Waals surface area contributed by atoms with E-state index >= 15 is 0 Å². The average Bonchev–Trinajstić information content (AvgIpc) is 2.57. The van der Waals surface area contributed by atoms with Crippen LogP contribution in [0.3, 0.4) is 0 Å². The zero-order valence-electron chi connectivity index (χ0n) is 9.53. The van der Waals surface area contributed by atoms with E-state index in [9.17, 15) is 9.18 Å². The first kappa shape index (κ1) is 11.0. The lowest BCUT2D eigenvalue weighted by Crippen LogP contribution is -2.43. The number of pyridine rings is 1. The Hall–Kier alpha value is -1.45. The van der Waals surface area contributed by atoms with Crippen LogP contribution in [0, 0.1) is 5.95 Å².